The number of rotatable bonds is 3. The van der Waals surface area contributed by atoms with E-state index in [-0.39, 0.29) is 6.04 Å². The SMILES string of the molecule is NC(Cn1cnc2ccccc21)c1ccccc1. The maximum absolute atomic E-state index is 6.23. The zero-order valence-electron chi connectivity index (χ0n) is 10.0. The Hall–Kier alpha value is -2.13. The highest BCUT2D eigenvalue weighted by atomic mass is 15.1. The molecule has 0 fully saturated rings. The molecular weight excluding hydrogens is 222 g/mol. The number of fused-ring (bicyclic) bond motifs is 1. The van der Waals surface area contributed by atoms with Gasteiger partial charge in [0.15, 0.2) is 0 Å². The van der Waals surface area contributed by atoms with Crippen LogP contribution in [0.15, 0.2) is 60.9 Å². The average Bonchev–Trinajstić information content (AvgIpc) is 2.83. The smallest absolute Gasteiger partial charge is 0.0958 e. The fraction of sp³-hybridized carbons (Fsp3) is 0.133. The van der Waals surface area contributed by atoms with Gasteiger partial charge in [0.05, 0.1) is 17.4 Å². The van der Waals surface area contributed by atoms with Crippen molar-refractivity contribution >= 4 is 11.0 Å². The Morgan fingerprint density at radius 3 is 2.56 bits per heavy atom. The monoisotopic (exact) mass is 237 g/mol. The number of nitrogens with zero attached hydrogens (tertiary/aromatic N) is 2. The Balaban J connectivity index is 1.89. The van der Waals surface area contributed by atoms with Crippen LogP contribution in [-0.2, 0) is 6.54 Å². The number of imidazole rings is 1. The summed E-state index contributed by atoms with van der Waals surface area (Å²) in [7, 11) is 0. The summed E-state index contributed by atoms with van der Waals surface area (Å²) in [5.41, 5.74) is 9.52. The second-order valence-electron chi connectivity index (χ2n) is 4.40. The van der Waals surface area contributed by atoms with Crippen molar-refractivity contribution < 1.29 is 0 Å². The third-order valence-corrected chi connectivity index (χ3v) is 3.15. The van der Waals surface area contributed by atoms with Gasteiger partial charge in [-0.1, -0.05) is 42.5 Å². The van der Waals surface area contributed by atoms with Gasteiger partial charge in [-0.3, -0.25) is 0 Å². The first kappa shape index (κ1) is 11.0. The predicted molar refractivity (Wildman–Crippen MR) is 73.1 cm³/mol. The maximum atomic E-state index is 6.23. The predicted octanol–water partition coefficient (Wildman–Crippen LogP) is 2.74. The van der Waals surface area contributed by atoms with Crippen LogP contribution in [0.3, 0.4) is 0 Å². The second kappa shape index (κ2) is 4.63. The highest BCUT2D eigenvalue weighted by Crippen LogP contribution is 2.17. The van der Waals surface area contributed by atoms with Crippen molar-refractivity contribution in [2.75, 3.05) is 0 Å². The van der Waals surface area contributed by atoms with Crippen LogP contribution in [0, 0.1) is 0 Å². The van der Waals surface area contributed by atoms with Gasteiger partial charge in [0.1, 0.15) is 0 Å². The van der Waals surface area contributed by atoms with E-state index in [2.05, 4.69) is 27.8 Å². The molecule has 90 valence electrons. The van der Waals surface area contributed by atoms with Gasteiger partial charge < -0.3 is 10.3 Å². The molecule has 0 aliphatic heterocycles. The molecule has 0 amide bonds. The van der Waals surface area contributed by atoms with Crippen molar-refractivity contribution in [2.45, 2.75) is 12.6 Å². The van der Waals surface area contributed by atoms with E-state index in [4.69, 9.17) is 5.73 Å². The first-order chi connectivity index (χ1) is 8.84. The summed E-state index contributed by atoms with van der Waals surface area (Å²) >= 11 is 0. The first-order valence-electron chi connectivity index (χ1n) is 6.05. The minimum Gasteiger partial charge on any atom is -0.329 e. The lowest BCUT2D eigenvalue weighted by Crippen LogP contribution is -2.16. The normalized spacial score (nSPS) is 12.7. The van der Waals surface area contributed by atoms with Crippen LogP contribution in [0.2, 0.25) is 0 Å². The molecule has 0 aliphatic rings. The van der Waals surface area contributed by atoms with Crippen molar-refractivity contribution in [1.29, 1.82) is 0 Å². The maximum Gasteiger partial charge on any atom is 0.0958 e. The molecule has 0 saturated heterocycles. The van der Waals surface area contributed by atoms with E-state index < -0.39 is 0 Å². The summed E-state index contributed by atoms with van der Waals surface area (Å²) < 4.78 is 2.10. The van der Waals surface area contributed by atoms with Crippen LogP contribution >= 0.6 is 0 Å². The third-order valence-electron chi connectivity index (χ3n) is 3.15. The van der Waals surface area contributed by atoms with E-state index in [0.29, 0.717) is 0 Å². The molecule has 0 aliphatic carbocycles. The number of para-hydroxylation sites is 2. The fourth-order valence-corrected chi connectivity index (χ4v) is 2.17. The first-order valence-corrected chi connectivity index (χ1v) is 6.05. The lowest BCUT2D eigenvalue weighted by Gasteiger charge is -2.13. The summed E-state index contributed by atoms with van der Waals surface area (Å²) in [6, 6.07) is 18.2. The summed E-state index contributed by atoms with van der Waals surface area (Å²) in [4.78, 5) is 4.37. The highest BCUT2D eigenvalue weighted by Gasteiger charge is 2.08. The third kappa shape index (κ3) is 2.00. The number of benzene rings is 2. The molecule has 3 heteroatoms. The van der Waals surface area contributed by atoms with Crippen molar-refractivity contribution in [3.05, 3.63) is 66.5 Å². The van der Waals surface area contributed by atoms with Crippen molar-refractivity contribution in [1.82, 2.24) is 9.55 Å². The molecule has 0 saturated carbocycles. The molecule has 1 atom stereocenters. The molecule has 1 heterocycles. The van der Waals surface area contributed by atoms with E-state index in [1.54, 1.807) is 0 Å². The Kier molecular flexibility index (Phi) is 2.82. The lowest BCUT2D eigenvalue weighted by atomic mass is 10.1. The molecule has 3 rings (SSSR count). The zero-order chi connectivity index (χ0) is 12.4. The number of nitrogens with two attached hydrogens (primary N) is 1. The van der Waals surface area contributed by atoms with Crippen molar-refractivity contribution in [3.8, 4) is 0 Å². The minimum absolute atomic E-state index is 0.0104. The van der Waals surface area contributed by atoms with Gasteiger partial charge in [-0.05, 0) is 17.7 Å². The van der Waals surface area contributed by atoms with E-state index in [9.17, 15) is 0 Å². The van der Waals surface area contributed by atoms with Gasteiger partial charge in [-0.2, -0.15) is 0 Å². The average molecular weight is 237 g/mol. The van der Waals surface area contributed by atoms with Gasteiger partial charge in [-0.25, -0.2) is 4.98 Å². The molecule has 1 unspecified atom stereocenters. The molecule has 3 nitrogen and oxygen atoms in total. The van der Waals surface area contributed by atoms with Crippen LogP contribution in [0.4, 0.5) is 0 Å². The van der Waals surface area contributed by atoms with E-state index >= 15 is 0 Å². The Morgan fingerprint density at radius 1 is 1.00 bits per heavy atom. The van der Waals surface area contributed by atoms with Crippen LogP contribution in [0.1, 0.15) is 11.6 Å². The standard InChI is InChI=1S/C15H15N3/c16-13(12-6-2-1-3-7-12)10-18-11-17-14-8-4-5-9-15(14)18/h1-9,11,13H,10,16H2. The van der Waals surface area contributed by atoms with Crippen LogP contribution in [0.5, 0.6) is 0 Å². The van der Waals surface area contributed by atoms with Gasteiger partial charge >= 0.3 is 0 Å². The summed E-state index contributed by atoms with van der Waals surface area (Å²) in [6.07, 6.45) is 1.85. The van der Waals surface area contributed by atoms with Gasteiger partial charge in [0, 0.05) is 12.6 Å². The summed E-state index contributed by atoms with van der Waals surface area (Å²) in [6.45, 7) is 0.741. The molecule has 18 heavy (non-hydrogen) atoms. The number of hydrogen-bond acceptors (Lipinski definition) is 2. The summed E-state index contributed by atoms with van der Waals surface area (Å²) in [5.74, 6) is 0. The number of aromatic nitrogens is 2. The molecule has 0 spiro atoms. The second-order valence-corrected chi connectivity index (χ2v) is 4.40. The summed E-state index contributed by atoms with van der Waals surface area (Å²) in [5, 5.41) is 0. The van der Waals surface area contributed by atoms with Gasteiger partial charge in [0.25, 0.3) is 0 Å². The molecule has 1 aromatic heterocycles. The fourth-order valence-electron chi connectivity index (χ4n) is 2.17. The van der Waals surface area contributed by atoms with E-state index in [1.807, 2.05) is 42.7 Å². The molecule has 2 aromatic carbocycles. The Labute approximate surface area is 106 Å². The lowest BCUT2D eigenvalue weighted by molar-refractivity contribution is 0.588. The Bertz CT molecular complexity index is 643. The van der Waals surface area contributed by atoms with Gasteiger partial charge in [0.2, 0.25) is 0 Å². The Morgan fingerprint density at radius 2 is 1.72 bits per heavy atom. The van der Waals surface area contributed by atoms with Crippen LogP contribution in [0.25, 0.3) is 11.0 Å². The van der Waals surface area contributed by atoms with Crippen molar-refractivity contribution in [2.24, 2.45) is 5.73 Å². The molecule has 2 N–H and O–H groups in total. The van der Waals surface area contributed by atoms with Crippen LogP contribution < -0.4 is 5.73 Å². The zero-order valence-corrected chi connectivity index (χ0v) is 10.0. The topological polar surface area (TPSA) is 43.8 Å². The van der Waals surface area contributed by atoms with Crippen LogP contribution in [-0.4, -0.2) is 9.55 Å². The molecule has 0 radical (unpaired) electrons. The largest absolute Gasteiger partial charge is 0.329 e. The molecular formula is C15H15N3. The van der Waals surface area contributed by atoms with E-state index in [1.165, 1.54) is 0 Å². The van der Waals surface area contributed by atoms with Gasteiger partial charge in [-0.15, -0.1) is 0 Å². The molecule has 0 bridgehead atoms. The number of hydrogen-bond donors (Lipinski definition) is 1. The highest BCUT2D eigenvalue weighted by molar-refractivity contribution is 5.74. The van der Waals surface area contributed by atoms with E-state index in [0.717, 1.165) is 23.1 Å². The molecule has 3 aromatic rings. The quantitative estimate of drug-likeness (QED) is 0.761. The minimum atomic E-state index is -0.0104. The van der Waals surface area contributed by atoms with Crippen molar-refractivity contribution in [3.63, 3.8) is 0 Å².